The molecule has 0 aliphatic carbocycles. The third-order valence-electron chi connectivity index (χ3n) is 2.65. The van der Waals surface area contributed by atoms with Crippen LogP contribution in [0.25, 0.3) is 22.7 Å². The highest BCUT2D eigenvalue weighted by Crippen LogP contribution is 2.28. The lowest BCUT2D eigenvalue weighted by atomic mass is 10.2. The van der Waals surface area contributed by atoms with E-state index in [-0.39, 0.29) is 0 Å². The van der Waals surface area contributed by atoms with E-state index in [1.165, 1.54) is 0 Å². The Labute approximate surface area is 108 Å². The van der Waals surface area contributed by atoms with Crippen LogP contribution in [0.3, 0.4) is 0 Å². The van der Waals surface area contributed by atoms with Crippen LogP contribution in [-0.4, -0.2) is 9.97 Å². The molecule has 0 saturated carbocycles. The highest BCUT2D eigenvalue weighted by Gasteiger charge is 2.11. The molecule has 0 spiro atoms. The van der Waals surface area contributed by atoms with E-state index in [2.05, 4.69) is 9.97 Å². The molecule has 0 radical (unpaired) electrons. The van der Waals surface area contributed by atoms with Crippen molar-refractivity contribution in [2.75, 3.05) is 5.73 Å². The topological polar surface area (TPSA) is 64.9 Å². The van der Waals surface area contributed by atoms with Crippen LogP contribution >= 0.6 is 11.6 Å². The summed E-state index contributed by atoms with van der Waals surface area (Å²) in [4.78, 5) is 8.56. The second-order valence-corrected chi connectivity index (χ2v) is 4.50. The van der Waals surface area contributed by atoms with Gasteiger partial charge in [-0.3, -0.25) is 0 Å². The molecule has 4 nitrogen and oxygen atoms in total. The minimum Gasteiger partial charge on any atom is -0.434 e. The van der Waals surface area contributed by atoms with Crippen molar-refractivity contribution >= 4 is 28.4 Å². The molecule has 0 amide bonds. The number of pyridine rings is 1. The summed E-state index contributed by atoms with van der Waals surface area (Å²) in [7, 11) is 0. The van der Waals surface area contributed by atoms with Crippen LogP contribution in [-0.2, 0) is 0 Å². The summed E-state index contributed by atoms with van der Waals surface area (Å²) in [6, 6.07) is 7.15. The Morgan fingerprint density at radius 2 is 2.11 bits per heavy atom. The Morgan fingerprint density at radius 3 is 2.83 bits per heavy atom. The van der Waals surface area contributed by atoms with E-state index < -0.39 is 0 Å². The van der Waals surface area contributed by atoms with Crippen LogP contribution in [0.1, 0.15) is 5.56 Å². The number of hydrogen-bond acceptors (Lipinski definition) is 4. The molecule has 3 rings (SSSR count). The first-order chi connectivity index (χ1) is 8.63. The number of nitrogens with two attached hydrogens (primary N) is 1. The summed E-state index contributed by atoms with van der Waals surface area (Å²) < 4.78 is 5.71. The molecule has 0 aliphatic rings. The van der Waals surface area contributed by atoms with Gasteiger partial charge in [-0.05, 0) is 36.8 Å². The van der Waals surface area contributed by atoms with Gasteiger partial charge in [0.15, 0.2) is 5.58 Å². The van der Waals surface area contributed by atoms with Gasteiger partial charge in [-0.25, -0.2) is 9.97 Å². The van der Waals surface area contributed by atoms with E-state index in [1.807, 2.05) is 13.0 Å². The molecular formula is C13H10ClN3O. The molecular weight excluding hydrogens is 250 g/mol. The van der Waals surface area contributed by atoms with Crippen molar-refractivity contribution < 1.29 is 4.42 Å². The third-order valence-corrected chi connectivity index (χ3v) is 2.86. The molecule has 0 bridgehead atoms. The molecule has 90 valence electrons. The van der Waals surface area contributed by atoms with Crippen molar-refractivity contribution in [1.29, 1.82) is 0 Å². The highest BCUT2D eigenvalue weighted by atomic mass is 35.5. The zero-order valence-corrected chi connectivity index (χ0v) is 10.4. The molecule has 0 unspecified atom stereocenters. The van der Waals surface area contributed by atoms with Gasteiger partial charge in [0.05, 0.1) is 11.9 Å². The summed E-state index contributed by atoms with van der Waals surface area (Å²) in [6.07, 6.45) is 1.57. The number of halogens is 1. The number of fused-ring (bicyclic) bond motifs is 1. The number of aromatic nitrogens is 2. The summed E-state index contributed by atoms with van der Waals surface area (Å²) in [5, 5.41) is 0.644. The number of nitrogens with zero attached hydrogens (tertiary/aromatic N) is 2. The second kappa shape index (κ2) is 3.99. The molecule has 0 saturated heterocycles. The Morgan fingerprint density at radius 1 is 1.28 bits per heavy atom. The molecule has 2 heterocycles. The van der Waals surface area contributed by atoms with E-state index in [1.54, 1.807) is 24.4 Å². The van der Waals surface area contributed by atoms with Crippen LogP contribution in [0.4, 0.5) is 5.69 Å². The molecule has 0 atom stereocenters. The normalized spacial score (nSPS) is 11.0. The Bertz CT molecular complexity index is 719. The predicted molar refractivity (Wildman–Crippen MR) is 71.4 cm³/mol. The van der Waals surface area contributed by atoms with Crippen molar-refractivity contribution in [3.05, 3.63) is 41.0 Å². The fourth-order valence-corrected chi connectivity index (χ4v) is 2.07. The van der Waals surface area contributed by atoms with Gasteiger partial charge in [-0.2, -0.15) is 0 Å². The standard InChI is InChI=1S/C13H10ClN3O/c1-7-4-8(14)5-11-12(7)18-13(17-11)10-3-2-9(15)6-16-10/h2-6H,15H2,1H3. The SMILES string of the molecule is Cc1cc(Cl)cc2nc(-c3ccc(N)cn3)oc12. The van der Waals surface area contributed by atoms with E-state index in [4.69, 9.17) is 21.8 Å². The molecule has 5 heteroatoms. The largest absolute Gasteiger partial charge is 0.434 e. The molecule has 1 aromatic carbocycles. The average Bonchev–Trinajstić information content (AvgIpc) is 2.74. The molecule has 2 aromatic heterocycles. The van der Waals surface area contributed by atoms with Crippen LogP contribution in [0.5, 0.6) is 0 Å². The van der Waals surface area contributed by atoms with Gasteiger partial charge in [0, 0.05) is 5.02 Å². The first-order valence-corrected chi connectivity index (χ1v) is 5.80. The summed E-state index contributed by atoms with van der Waals surface area (Å²) >= 11 is 5.99. The van der Waals surface area contributed by atoms with Gasteiger partial charge in [0.25, 0.3) is 0 Å². The van der Waals surface area contributed by atoms with Crippen molar-refractivity contribution in [3.63, 3.8) is 0 Å². The Balaban J connectivity index is 2.19. The molecule has 3 aromatic rings. The number of benzene rings is 1. The number of nitrogen functional groups attached to an aromatic ring is 1. The summed E-state index contributed by atoms with van der Waals surface area (Å²) in [5.41, 5.74) is 9.26. The van der Waals surface area contributed by atoms with Crippen LogP contribution < -0.4 is 5.73 Å². The van der Waals surface area contributed by atoms with Gasteiger partial charge in [0.1, 0.15) is 11.2 Å². The zero-order chi connectivity index (χ0) is 12.7. The molecule has 0 fully saturated rings. The van der Waals surface area contributed by atoms with E-state index in [0.717, 1.165) is 16.7 Å². The van der Waals surface area contributed by atoms with Gasteiger partial charge in [-0.15, -0.1) is 0 Å². The van der Waals surface area contributed by atoms with Crippen molar-refractivity contribution in [1.82, 2.24) is 9.97 Å². The maximum absolute atomic E-state index is 5.99. The Hall–Kier alpha value is -2.07. The minimum absolute atomic E-state index is 0.468. The van der Waals surface area contributed by atoms with Crippen molar-refractivity contribution in [2.45, 2.75) is 6.92 Å². The third kappa shape index (κ3) is 1.80. The average molecular weight is 260 g/mol. The van der Waals surface area contributed by atoms with E-state index in [9.17, 15) is 0 Å². The van der Waals surface area contributed by atoms with Crippen molar-refractivity contribution in [2.24, 2.45) is 0 Å². The number of aryl methyl sites for hydroxylation is 1. The molecule has 2 N–H and O–H groups in total. The lowest BCUT2D eigenvalue weighted by Gasteiger charge is -1.95. The first-order valence-electron chi connectivity index (χ1n) is 5.42. The van der Waals surface area contributed by atoms with Crippen LogP contribution in [0.2, 0.25) is 5.02 Å². The first kappa shape index (κ1) is 11.0. The fraction of sp³-hybridized carbons (Fsp3) is 0.0769. The van der Waals surface area contributed by atoms with Gasteiger partial charge >= 0.3 is 0 Å². The zero-order valence-electron chi connectivity index (χ0n) is 9.64. The van der Waals surface area contributed by atoms with Crippen LogP contribution in [0.15, 0.2) is 34.9 Å². The lowest BCUT2D eigenvalue weighted by Crippen LogP contribution is -1.87. The predicted octanol–water partition coefficient (Wildman–Crippen LogP) is 3.43. The number of rotatable bonds is 1. The van der Waals surface area contributed by atoms with Gasteiger partial charge in [0.2, 0.25) is 5.89 Å². The quantitative estimate of drug-likeness (QED) is 0.727. The number of hydrogen-bond donors (Lipinski definition) is 1. The van der Waals surface area contributed by atoms with E-state index >= 15 is 0 Å². The van der Waals surface area contributed by atoms with E-state index in [0.29, 0.717) is 22.3 Å². The highest BCUT2D eigenvalue weighted by molar-refractivity contribution is 6.31. The maximum atomic E-state index is 5.99. The number of oxazole rings is 1. The molecule has 0 aliphatic heterocycles. The van der Waals surface area contributed by atoms with Gasteiger partial charge in [-0.1, -0.05) is 11.6 Å². The summed E-state index contributed by atoms with van der Waals surface area (Å²) in [5.74, 6) is 0.468. The monoisotopic (exact) mass is 259 g/mol. The summed E-state index contributed by atoms with van der Waals surface area (Å²) in [6.45, 7) is 1.93. The second-order valence-electron chi connectivity index (χ2n) is 4.07. The lowest BCUT2D eigenvalue weighted by molar-refractivity contribution is 0.614. The smallest absolute Gasteiger partial charge is 0.246 e. The van der Waals surface area contributed by atoms with Crippen LogP contribution in [0, 0.1) is 6.92 Å². The maximum Gasteiger partial charge on any atom is 0.246 e. The van der Waals surface area contributed by atoms with Gasteiger partial charge < -0.3 is 10.2 Å². The number of anilines is 1. The molecule has 18 heavy (non-hydrogen) atoms. The minimum atomic E-state index is 0.468. The fourth-order valence-electron chi connectivity index (χ4n) is 1.80. The van der Waals surface area contributed by atoms with Crippen molar-refractivity contribution in [3.8, 4) is 11.6 Å². The Kier molecular flexibility index (Phi) is 2.45.